The molecule has 0 saturated carbocycles. The van der Waals surface area contributed by atoms with E-state index in [0.717, 1.165) is 9.80 Å². The highest BCUT2D eigenvalue weighted by molar-refractivity contribution is 7.80. The monoisotopic (exact) mass is 983 g/mol. The van der Waals surface area contributed by atoms with Gasteiger partial charge in [0.05, 0.1) is 32.8 Å². The van der Waals surface area contributed by atoms with Crippen LogP contribution in [0.15, 0.2) is 24.3 Å². The number of nitrogens with zero attached hydrogens (tertiary/aromatic N) is 2. The van der Waals surface area contributed by atoms with Crippen LogP contribution in [0.4, 0.5) is 5.69 Å². The van der Waals surface area contributed by atoms with Gasteiger partial charge in [0.15, 0.2) is 11.2 Å². The Balaban J connectivity index is 3.30. The lowest BCUT2D eigenvalue weighted by atomic mass is 10.0. The van der Waals surface area contributed by atoms with E-state index in [-0.39, 0.29) is 31.6 Å². The maximum absolute atomic E-state index is 13.0. The van der Waals surface area contributed by atoms with Crippen LogP contribution in [0.25, 0.3) is 0 Å². The maximum atomic E-state index is 13.0. The number of rotatable bonds is 34. The molecule has 31 heteroatoms. The van der Waals surface area contributed by atoms with E-state index in [1.165, 1.54) is 24.3 Å². The number of thiocarbonyl (C=S) groups is 1. The number of anilines is 1. The second-order valence-electron chi connectivity index (χ2n) is 14.0. The van der Waals surface area contributed by atoms with Gasteiger partial charge in [-0.1, -0.05) is 12.1 Å². The molecular weight excluding hydrogens is 933 g/mol. The highest BCUT2D eigenvalue weighted by atomic mass is 32.1. The number of carboxylic acids is 8. The molecule has 0 spiro atoms. The van der Waals surface area contributed by atoms with Crippen molar-refractivity contribution in [2.45, 2.75) is 68.7 Å². The SMILES string of the molecule is N[C@@H](CCC(=O)OC(=O)[C@H](COP(=O)(O)N[C@@H](CCC(=O)O)C(=O)O)NC(=S)Nc1ccc(CC(CNC(CCN(CC(=O)O)CC(=O)O)C(=O)O)N(CC(=O)O)CC(=O)O)cc1)C(=O)O. The lowest BCUT2D eigenvalue weighted by Gasteiger charge is -2.31. The average molecular weight is 984 g/mol. The highest BCUT2D eigenvalue weighted by Gasteiger charge is 2.33. The molecule has 15 N–H and O–H groups in total. The lowest BCUT2D eigenvalue weighted by Crippen LogP contribution is -2.51. The van der Waals surface area contributed by atoms with E-state index in [0.29, 0.717) is 5.56 Å². The lowest BCUT2D eigenvalue weighted by molar-refractivity contribution is -0.162. The van der Waals surface area contributed by atoms with Gasteiger partial charge in [-0.3, -0.25) is 57.5 Å². The number of carbonyl (C=O) groups excluding carboxylic acids is 2. The first-order valence-corrected chi connectivity index (χ1v) is 21.0. The van der Waals surface area contributed by atoms with Crippen molar-refractivity contribution in [3.05, 3.63) is 29.8 Å². The number of hydrogen-bond donors (Lipinski definition) is 14. The molecule has 368 valence electrons. The first-order chi connectivity index (χ1) is 30.7. The fourth-order valence-corrected chi connectivity index (χ4v) is 6.85. The van der Waals surface area contributed by atoms with Crippen LogP contribution in [0, 0.1) is 0 Å². The fraction of sp³-hybridized carbons (Fsp3) is 0.514. The largest absolute Gasteiger partial charge is 0.481 e. The molecule has 0 bridgehead atoms. The third-order valence-electron chi connectivity index (χ3n) is 8.69. The average Bonchev–Trinajstić information content (AvgIpc) is 3.18. The zero-order valence-corrected chi connectivity index (χ0v) is 36.3. The zero-order chi connectivity index (χ0) is 50.3. The van der Waals surface area contributed by atoms with Gasteiger partial charge in [0, 0.05) is 37.7 Å². The third-order valence-corrected chi connectivity index (χ3v) is 10.0. The molecule has 0 fully saturated rings. The molecule has 1 rings (SSSR count). The van der Waals surface area contributed by atoms with E-state index in [4.69, 9.17) is 47.6 Å². The van der Waals surface area contributed by atoms with Crippen LogP contribution in [-0.4, -0.2) is 196 Å². The van der Waals surface area contributed by atoms with Gasteiger partial charge in [-0.05, 0) is 55.6 Å². The standard InChI is InChI=1S/C35H50N7O22PS/c36-21(31(54)55)5-8-30(53)64-34(60)24(17-63-65(61,62)40-23(33(58)59)6-7-25(43)44)39-35(66)38-19-3-1-18(2-4-19)11-20(42(15-28(49)50)16-29(51)52)12-37-22(32(56)57)9-10-41(13-26(45)46)14-27(47)48/h1-4,20-24,37H,5-17,36H2,(H,43,44)(H,45,46)(H,47,48)(H,49,50)(H,51,52)(H,54,55)(H,56,57)(H,58,59)(H2,38,39,66)(H2,40,61,62)/t20?,21-,22?,23-,24-/m0/s1. The minimum absolute atomic E-state index is 0.113. The molecule has 0 saturated heterocycles. The van der Waals surface area contributed by atoms with Crippen molar-refractivity contribution < 1.29 is 108 Å². The van der Waals surface area contributed by atoms with Crippen LogP contribution in [0.3, 0.4) is 0 Å². The third kappa shape index (κ3) is 24.7. The van der Waals surface area contributed by atoms with Crippen molar-refractivity contribution in [1.82, 2.24) is 25.5 Å². The van der Waals surface area contributed by atoms with E-state index in [1.54, 1.807) is 5.09 Å². The van der Waals surface area contributed by atoms with Gasteiger partial charge in [0.1, 0.15) is 18.1 Å². The number of aliphatic carboxylic acids is 8. The number of benzene rings is 1. The quantitative estimate of drug-likeness (QED) is 0.0141. The molecule has 29 nitrogen and oxygen atoms in total. The Bertz CT molecular complexity index is 1940. The number of carbonyl (C=O) groups is 10. The summed E-state index contributed by atoms with van der Waals surface area (Å²) in [7, 11) is -5.16. The molecule has 0 aliphatic rings. The second kappa shape index (κ2) is 28.6. The van der Waals surface area contributed by atoms with Gasteiger partial charge in [-0.25, -0.2) is 14.4 Å². The van der Waals surface area contributed by atoms with Gasteiger partial charge >= 0.3 is 67.4 Å². The van der Waals surface area contributed by atoms with Gasteiger partial charge in [-0.2, -0.15) is 0 Å². The summed E-state index contributed by atoms with van der Waals surface area (Å²) in [6.45, 7) is -4.83. The molecule has 66 heavy (non-hydrogen) atoms. The van der Waals surface area contributed by atoms with Crippen molar-refractivity contribution in [3.63, 3.8) is 0 Å². The van der Waals surface area contributed by atoms with Crippen molar-refractivity contribution in [2.24, 2.45) is 5.73 Å². The van der Waals surface area contributed by atoms with Gasteiger partial charge in [-0.15, -0.1) is 0 Å². The summed E-state index contributed by atoms with van der Waals surface area (Å²) in [6.07, 6.45) is -2.95. The van der Waals surface area contributed by atoms with Crippen LogP contribution in [0.1, 0.15) is 37.7 Å². The molecule has 1 aromatic carbocycles. The number of ether oxygens (including phenoxy) is 1. The molecule has 0 radical (unpaired) electrons. The molecule has 1 aromatic rings. The van der Waals surface area contributed by atoms with Crippen molar-refractivity contribution in [1.29, 1.82) is 0 Å². The summed E-state index contributed by atoms with van der Waals surface area (Å²) >= 11 is 5.24. The fourth-order valence-electron chi connectivity index (χ4n) is 5.53. The molecule has 0 heterocycles. The topological polar surface area (TPSA) is 469 Å². The number of esters is 2. The Morgan fingerprint density at radius 1 is 0.697 bits per heavy atom. The summed E-state index contributed by atoms with van der Waals surface area (Å²) < 4.78 is 22.3. The van der Waals surface area contributed by atoms with E-state index in [2.05, 4.69) is 16.0 Å². The van der Waals surface area contributed by atoms with Gasteiger partial charge in [0.2, 0.25) is 0 Å². The Kier molecular flexibility index (Phi) is 25.1. The van der Waals surface area contributed by atoms with Crippen molar-refractivity contribution >= 4 is 90.5 Å². The van der Waals surface area contributed by atoms with Crippen molar-refractivity contribution in [2.75, 3.05) is 51.2 Å². The first-order valence-electron chi connectivity index (χ1n) is 19.1. The minimum Gasteiger partial charge on any atom is -0.481 e. The summed E-state index contributed by atoms with van der Waals surface area (Å²) in [5.74, 6) is -14.4. The van der Waals surface area contributed by atoms with Gasteiger partial charge in [0.25, 0.3) is 0 Å². The Morgan fingerprint density at radius 3 is 1.73 bits per heavy atom. The Hall–Kier alpha value is -6.24. The molecule has 3 unspecified atom stereocenters. The number of nitrogens with one attached hydrogen (secondary N) is 4. The number of nitrogens with two attached hydrogens (primary N) is 1. The van der Waals surface area contributed by atoms with Crippen molar-refractivity contribution in [3.8, 4) is 0 Å². The second-order valence-corrected chi connectivity index (χ2v) is 16.0. The Morgan fingerprint density at radius 2 is 1.24 bits per heavy atom. The predicted molar refractivity (Wildman–Crippen MR) is 223 cm³/mol. The zero-order valence-electron chi connectivity index (χ0n) is 34.5. The first kappa shape index (κ1) is 57.8. The molecule has 0 aromatic heterocycles. The van der Waals surface area contributed by atoms with Crippen LogP contribution in [0.2, 0.25) is 0 Å². The smallest absolute Gasteiger partial charge is 0.403 e. The van der Waals surface area contributed by atoms with Gasteiger partial charge < -0.3 is 72.2 Å². The van der Waals surface area contributed by atoms with Crippen LogP contribution in [-0.2, 0) is 68.2 Å². The van der Waals surface area contributed by atoms with E-state index >= 15 is 0 Å². The number of carboxylic acid groups (broad SMARTS) is 8. The predicted octanol–water partition coefficient (Wildman–Crippen LogP) is -3.09. The van der Waals surface area contributed by atoms with E-state index in [1.807, 2.05) is 0 Å². The van der Waals surface area contributed by atoms with E-state index < -0.39 is 161 Å². The van der Waals surface area contributed by atoms with E-state index in [9.17, 15) is 77.8 Å². The normalized spacial score (nSPS) is 14.4. The minimum atomic E-state index is -5.16. The maximum Gasteiger partial charge on any atom is 0.403 e. The molecule has 0 aliphatic carbocycles. The number of hydrogen-bond acceptors (Lipinski definition) is 18. The summed E-state index contributed by atoms with van der Waals surface area (Å²) in [5.41, 5.74) is 5.94. The summed E-state index contributed by atoms with van der Waals surface area (Å²) in [4.78, 5) is 129. The molecule has 0 aliphatic heterocycles. The van der Waals surface area contributed by atoms with Crippen LogP contribution >= 0.6 is 20.0 Å². The molecule has 6 atom stereocenters. The molecule has 0 amide bonds. The summed E-state index contributed by atoms with van der Waals surface area (Å²) in [5, 5.41) is 83.3. The summed E-state index contributed by atoms with van der Waals surface area (Å²) in [6, 6.07) is -2.10. The highest BCUT2D eigenvalue weighted by Crippen LogP contribution is 2.38. The molecular formula is C35H50N7O22PS. The van der Waals surface area contributed by atoms with Crippen LogP contribution < -0.4 is 26.8 Å². The Labute approximate surface area is 378 Å². The van der Waals surface area contributed by atoms with Crippen LogP contribution in [0.5, 0.6) is 0 Å².